The zero-order valence-electron chi connectivity index (χ0n) is 8.41. The van der Waals surface area contributed by atoms with Crippen molar-refractivity contribution in [2.75, 3.05) is 12.0 Å². The molecule has 2 nitrogen and oxygen atoms in total. The fraction of sp³-hybridized carbons (Fsp3) is 0.667. The average molecular weight is 216 g/mol. The smallest absolute Gasteiger partial charge is 0.0726 e. The Balaban J connectivity index is 2.59. The number of aromatic nitrogens is 2. The molecule has 0 aliphatic heterocycles. The molecule has 0 bridgehead atoms. The summed E-state index contributed by atoms with van der Waals surface area (Å²) < 4.78 is 1.99. The molecular formula is C9H16N2S2. The van der Waals surface area contributed by atoms with Crippen molar-refractivity contribution in [3.05, 3.63) is 17.5 Å². The van der Waals surface area contributed by atoms with E-state index in [0.29, 0.717) is 0 Å². The summed E-state index contributed by atoms with van der Waals surface area (Å²) in [6, 6.07) is 2.21. The van der Waals surface area contributed by atoms with E-state index in [4.69, 9.17) is 0 Å². The first-order valence-electron chi connectivity index (χ1n) is 4.36. The monoisotopic (exact) mass is 216 g/mol. The van der Waals surface area contributed by atoms with Crippen LogP contribution >= 0.6 is 23.5 Å². The molecule has 0 aromatic carbocycles. The molecule has 0 radical (unpaired) electrons. The van der Waals surface area contributed by atoms with Crippen LogP contribution in [0.1, 0.15) is 18.3 Å². The summed E-state index contributed by atoms with van der Waals surface area (Å²) >= 11 is 3.76. The lowest BCUT2D eigenvalue weighted by Gasteiger charge is -1.95. The summed E-state index contributed by atoms with van der Waals surface area (Å²) in [5.41, 5.74) is 2.53. The molecule has 0 spiro atoms. The van der Waals surface area contributed by atoms with E-state index in [-0.39, 0.29) is 0 Å². The van der Waals surface area contributed by atoms with Gasteiger partial charge in [0.25, 0.3) is 0 Å². The van der Waals surface area contributed by atoms with E-state index >= 15 is 0 Å². The standard InChI is InChI=1S/C9H16N2S2/c1-4-13-6-8-5-9(7-12-3)11(2)10-8/h5H,4,6-7H2,1-3H3. The molecule has 0 aliphatic rings. The van der Waals surface area contributed by atoms with Gasteiger partial charge < -0.3 is 0 Å². The maximum Gasteiger partial charge on any atom is 0.0726 e. The highest BCUT2D eigenvalue weighted by molar-refractivity contribution is 7.98. The lowest BCUT2D eigenvalue weighted by molar-refractivity contribution is 0.726. The molecule has 0 aliphatic carbocycles. The molecule has 0 unspecified atom stereocenters. The lowest BCUT2D eigenvalue weighted by atomic mass is 10.4. The summed E-state index contributed by atoms with van der Waals surface area (Å²) in [5, 5.41) is 4.45. The molecule has 0 fully saturated rings. The molecular weight excluding hydrogens is 200 g/mol. The van der Waals surface area contributed by atoms with Gasteiger partial charge in [-0.15, -0.1) is 0 Å². The first kappa shape index (κ1) is 11.0. The molecule has 1 aromatic heterocycles. The molecule has 4 heteroatoms. The fourth-order valence-electron chi connectivity index (χ4n) is 1.13. The van der Waals surface area contributed by atoms with Gasteiger partial charge in [0.2, 0.25) is 0 Å². The first-order chi connectivity index (χ1) is 6.27. The van der Waals surface area contributed by atoms with Gasteiger partial charge in [-0.3, -0.25) is 4.68 Å². The van der Waals surface area contributed by atoms with Gasteiger partial charge in [-0.1, -0.05) is 6.92 Å². The molecule has 74 valence electrons. The zero-order valence-corrected chi connectivity index (χ0v) is 10.0. The number of hydrogen-bond acceptors (Lipinski definition) is 3. The van der Waals surface area contributed by atoms with Crippen LogP contribution in [0.25, 0.3) is 0 Å². The van der Waals surface area contributed by atoms with Gasteiger partial charge in [-0.05, 0) is 18.1 Å². The van der Waals surface area contributed by atoms with Crippen molar-refractivity contribution in [1.29, 1.82) is 0 Å². The Bertz CT molecular complexity index is 258. The second-order valence-corrected chi connectivity index (χ2v) is 4.96. The topological polar surface area (TPSA) is 17.8 Å². The molecule has 1 rings (SSSR count). The predicted molar refractivity (Wildman–Crippen MR) is 62.3 cm³/mol. The van der Waals surface area contributed by atoms with E-state index in [1.165, 1.54) is 11.4 Å². The van der Waals surface area contributed by atoms with E-state index in [9.17, 15) is 0 Å². The molecule has 0 atom stereocenters. The fourth-order valence-corrected chi connectivity index (χ4v) is 2.25. The second kappa shape index (κ2) is 5.60. The molecule has 1 aromatic rings. The lowest BCUT2D eigenvalue weighted by Crippen LogP contribution is -1.96. The number of rotatable bonds is 5. The van der Waals surface area contributed by atoms with E-state index in [1.54, 1.807) is 0 Å². The van der Waals surface area contributed by atoms with Crippen molar-refractivity contribution >= 4 is 23.5 Å². The SMILES string of the molecule is CCSCc1cc(CSC)n(C)n1. The van der Waals surface area contributed by atoms with Crippen LogP contribution in [0.2, 0.25) is 0 Å². The summed E-state index contributed by atoms with van der Waals surface area (Å²) in [7, 11) is 2.02. The number of thioether (sulfide) groups is 2. The summed E-state index contributed by atoms with van der Waals surface area (Å²) in [6.07, 6.45) is 2.12. The van der Waals surface area contributed by atoms with Crippen LogP contribution in [0.5, 0.6) is 0 Å². The maximum atomic E-state index is 4.45. The largest absolute Gasteiger partial charge is 0.272 e. The predicted octanol–water partition coefficient (Wildman–Crippen LogP) is 2.54. The molecule has 0 amide bonds. The molecule has 13 heavy (non-hydrogen) atoms. The van der Waals surface area contributed by atoms with Crippen LogP contribution in [0.3, 0.4) is 0 Å². The van der Waals surface area contributed by atoms with Crippen molar-refractivity contribution in [1.82, 2.24) is 9.78 Å². The van der Waals surface area contributed by atoms with Crippen molar-refractivity contribution in [2.45, 2.75) is 18.4 Å². The van der Waals surface area contributed by atoms with Crippen molar-refractivity contribution in [2.24, 2.45) is 7.05 Å². The van der Waals surface area contributed by atoms with Crippen LogP contribution in [0, 0.1) is 0 Å². The van der Waals surface area contributed by atoms with Crippen LogP contribution in [-0.4, -0.2) is 21.8 Å². The van der Waals surface area contributed by atoms with Crippen LogP contribution in [0.15, 0.2) is 6.07 Å². The highest BCUT2D eigenvalue weighted by Gasteiger charge is 2.03. The average Bonchev–Trinajstić information content (AvgIpc) is 2.45. The Kier molecular flexibility index (Phi) is 4.73. The quantitative estimate of drug-likeness (QED) is 0.753. The Morgan fingerprint density at radius 3 is 2.85 bits per heavy atom. The van der Waals surface area contributed by atoms with Crippen LogP contribution in [0.4, 0.5) is 0 Å². The third kappa shape index (κ3) is 3.27. The number of nitrogens with zero attached hydrogens (tertiary/aromatic N) is 2. The van der Waals surface area contributed by atoms with E-state index in [1.807, 2.05) is 35.3 Å². The van der Waals surface area contributed by atoms with Crippen molar-refractivity contribution < 1.29 is 0 Å². The maximum absolute atomic E-state index is 4.45. The summed E-state index contributed by atoms with van der Waals surface area (Å²) in [4.78, 5) is 0. The minimum atomic E-state index is 1.04. The molecule has 0 saturated heterocycles. The van der Waals surface area contributed by atoms with E-state index < -0.39 is 0 Å². The second-order valence-electron chi connectivity index (χ2n) is 2.82. The Hall–Kier alpha value is -0.0900. The van der Waals surface area contributed by atoms with Gasteiger partial charge in [0.1, 0.15) is 0 Å². The van der Waals surface area contributed by atoms with Gasteiger partial charge in [0.05, 0.1) is 5.69 Å². The number of aryl methyl sites for hydroxylation is 1. The molecule has 0 N–H and O–H groups in total. The van der Waals surface area contributed by atoms with Gasteiger partial charge in [-0.2, -0.15) is 28.6 Å². The van der Waals surface area contributed by atoms with Crippen molar-refractivity contribution in [3.63, 3.8) is 0 Å². The Morgan fingerprint density at radius 1 is 1.46 bits per heavy atom. The minimum Gasteiger partial charge on any atom is -0.272 e. The van der Waals surface area contributed by atoms with Crippen LogP contribution < -0.4 is 0 Å². The summed E-state index contributed by atoms with van der Waals surface area (Å²) in [6.45, 7) is 2.18. The van der Waals surface area contributed by atoms with Crippen LogP contribution in [-0.2, 0) is 18.6 Å². The van der Waals surface area contributed by atoms with Gasteiger partial charge in [0, 0.05) is 24.2 Å². The molecule has 1 heterocycles. The third-order valence-electron chi connectivity index (χ3n) is 1.77. The number of hydrogen-bond donors (Lipinski definition) is 0. The summed E-state index contributed by atoms with van der Waals surface area (Å²) in [5.74, 6) is 3.26. The normalized spacial score (nSPS) is 10.7. The highest BCUT2D eigenvalue weighted by Crippen LogP contribution is 2.14. The van der Waals surface area contributed by atoms with Gasteiger partial charge in [-0.25, -0.2) is 0 Å². The van der Waals surface area contributed by atoms with Crippen molar-refractivity contribution in [3.8, 4) is 0 Å². The van der Waals surface area contributed by atoms with E-state index in [0.717, 1.165) is 17.3 Å². The minimum absolute atomic E-state index is 1.04. The Labute approximate surface area is 88.5 Å². The Morgan fingerprint density at radius 2 is 2.23 bits per heavy atom. The zero-order chi connectivity index (χ0) is 9.68. The molecule has 0 saturated carbocycles. The van der Waals surface area contributed by atoms with Gasteiger partial charge in [0.15, 0.2) is 0 Å². The van der Waals surface area contributed by atoms with Gasteiger partial charge >= 0.3 is 0 Å². The third-order valence-corrected chi connectivity index (χ3v) is 3.27. The van der Waals surface area contributed by atoms with E-state index in [2.05, 4.69) is 24.3 Å². The highest BCUT2D eigenvalue weighted by atomic mass is 32.2. The first-order valence-corrected chi connectivity index (χ1v) is 6.91.